The summed E-state index contributed by atoms with van der Waals surface area (Å²) in [5.41, 5.74) is 6.43. The van der Waals surface area contributed by atoms with Gasteiger partial charge in [0.05, 0.1) is 35.1 Å². The van der Waals surface area contributed by atoms with Crippen LogP contribution in [0.15, 0.2) is 115 Å². The lowest BCUT2D eigenvalue weighted by Crippen LogP contribution is -2.24. The Morgan fingerprint density at radius 2 is 1.46 bits per heavy atom. The van der Waals surface area contributed by atoms with E-state index in [0.717, 1.165) is 40.9 Å². The predicted molar refractivity (Wildman–Crippen MR) is 147 cm³/mol. The van der Waals surface area contributed by atoms with Crippen molar-refractivity contribution in [3.63, 3.8) is 0 Å². The molecule has 0 saturated carbocycles. The highest BCUT2D eigenvalue weighted by atomic mass is 16.5. The Balaban J connectivity index is 1.33. The molecule has 0 saturated heterocycles. The van der Waals surface area contributed by atoms with Crippen LogP contribution in [0.3, 0.4) is 0 Å². The van der Waals surface area contributed by atoms with Crippen LogP contribution in [-0.2, 0) is 0 Å². The number of benzene rings is 4. The van der Waals surface area contributed by atoms with Crippen LogP contribution in [0.5, 0.6) is 23.1 Å². The molecule has 0 atom stereocenters. The number of ether oxygens (including phenoxy) is 2. The lowest BCUT2D eigenvalue weighted by molar-refractivity contribution is 0.462. The van der Waals surface area contributed by atoms with Crippen molar-refractivity contribution in [3.8, 4) is 23.1 Å². The van der Waals surface area contributed by atoms with Crippen molar-refractivity contribution in [1.29, 1.82) is 0 Å². The first-order chi connectivity index (χ1) is 18.2. The van der Waals surface area contributed by atoms with E-state index in [1.54, 1.807) is 6.20 Å². The van der Waals surface area contributed by atoms with Gasteiger partial charge < -0.3 is 24.2 Å². The minimum atomic E-state index is 0.557. The van der Waals surface area contributed by atoms with Gasteiger partial charge in [0.1, 0.15) is 5.75 Å². The highest BCUT2D eigenvalue weighted by molar-refractivity contribution is 5.90. The second-order valence-electron chi connectivity index (χ2n) is 9.08. The molecule has 5 aromatic rings. The van der Waals surface area contributed by atoms with Gasteiger partial charge in [-0.25, -0.2) is 4.98 Å². The van der Waals surface area contributed by atoms with Crippen LogP contribution in [-0.4, -0.2) is 18.7 Å². The van der Waals surface area contributed by atoms with E-state index in [1.165, 1.54) is 11.4 Å². The quantitative estimate of drug-likeness (QED) is 0.253. The van der Waals surface area contributed by atoms with Crippen LogP contribution in [0.1, 0.15) is 0 Å². The van der Waals surface area contributed by atoms with Crippen molar-refractivity contribution in [2.24, 2.45) is 0 Å². The van der Waals surface area contributed by atoms with Gasteiger partial charge in [0.15, 0.2) is 11.5 Å². The highest BCUT2D eigenvalue weighted by Crippen LogP contribution is 2.52. The maximum atomic E-state index is 6.35. The molecule has 0 spiro atoms. The number of fused-ring (bicyclic) bond motifs is 3. The molecule has 7 rings (SSSR count). The third-order valence-electron chi connectivity index (χ3n) is 6.69. The molecule has 0 aliphatic carbocycles. The van der Waals surface area contributed by atoms with Gasteiger partial charge in [-0.1, -0.05) is 36.4 Å². The van der Waals surface area contributed by atoms with E-state index in [1.807, 2.05) is 54.6 Å². The van der Waals surface area contributed by atoms with E-state index in [0.29, 0.717) is 11.6 Å². The summed E-state index contributed by atoms with van der Waals surface area (Å²) < 4.78 is 12.4. The summed E-state index contributed by atoms with van der Waals surface area (Å²) in [7, 11) is 2.12. The predicted octanol–water partition coefficient (Wildman–Crippen LogP) is 7.99. The lowest BCUT2D eigenvalue weighted by atomic mass is 10.1. The van der Waals surface area contributed by atoms with E-state index in [-0.39, 0.29) is 0 Å². The molecule has 4 aromatic carbocycles. The van der Waals surface area contributed by atoms with E-state index in [2.05, 4.69) is 81.3 Å². The fourth-order valence-electron chi connectivity index (χ4n) is 5.00. The molecule has 3 heterocycles. The van der Waals surface area contributed by atoms with Crippen LogP contribution in [0.4, 0.5) is 34.1 Å². The zero-order valence-corrected chi connectivity index (χ0v) is 20.3. The Kier molecular flexibility index (Phi) is 4.96. The topological polar surface area (TPSA) is 41.1 Å². The van der Waals surface area contributed by atoms with Gasteiger partial charge in [0.2, 0.25) is 5.88 Å². The van der Waals surface area contributed by atoms with Crippen molar-refractivity contribution in [2.45, 2.75) is 0 Å². The standard InChI is InChI=1S/C31H24N4O2/c1-33-21-34(26-12-3-2-11-25(26)33)22-16-17-30-28(20-22)35(27-13-4-5-14-29(27)37-30)23-9-8-10-24(19-23)36-31-15-6-7-18-32-31/h2-20H,21H2,1H3. The van der Waals surface area contributed by atoms with Gasteiger partial charge in [-0.2, -0.15) is 0 Å². The summed E-state index contributed by atoms with van der Waals surface area (Å²) in [4.78, 5) is 11.1. The third-order valence-corrected chi connectivity index (χ3v) is 6.69. The Labute approximate surface area is 215 Å². The SMILES string of the molecule is CN1CN(c2ccc3c(c2)N(c2cccc(Oc4ccccn4)c2)c2ccccc2O3)c2ccccc21. The Morgan fingerprint density at radius 3 is 2.32 bits per heavy atom. The average molecular weight is 485 g/mol. The first-order valence-electron chi connectivity index (χ1n) is 12.2. The van der Waals surface area contributed by atoms with Crippen molar-refractivity contribution in [3.05, 3.63) is 115 Å². The summed E-state index contributed by atoms with van der Waals surface area (Å²) in [5.74, 6) is 2.89. The minimum absolute atomic E-state index is 0.557. The van der Waals surface area contributed by atoms with Gasteiger partial charge in [0, 0.05) is 31.1 Å². The molecule has 37 heavy (non-hydrogen) atoms. The molecule has 180 valence electrons. The molecule has 0 fully saturated rings. The number of pyridine rings is 1. The number of hydrogen-bond donors (Lipinski definition) is 0. The Bertz CT molecular complexity index is 1600. The monoisotopic (exact) mass is 484 g/mol. The van der Waals surface area contributed by atoms with E-state index >= 15 is 0 Å². The third kappa shape index (κ3) is 3.70. The van der Waals surface area contributed by atoms with Gasteiger partial charge in [-0.3, -0.25) is 0 Å². The highest BCUT2D eigenvalue weighted by Gasteiger charge is 2.29. The largest absolute Gasteiger partial charge is 0.453 e. The molecule has 0 N–H and O–H groups in total. The second-order valence-corrected chi connectivity index (χ2v) is 9.08. The van der Waals surface area contributed by atoms with Crippen LogP contribution in [0.2, 0.25) is 0 Å². The summed E-state index contributed by atoms with van der Waals surface area (Å²) in [6.45, 7) is 0.781. The summed E-state index contributed by atoms with van der Waals surface area (Å²) in [6.07, 6.45) is 1.73. The fourth-order valence-corrected chi connectivity index (χ4v) is 5.00. The van der Waals surface area contributed by atoms with Crippen molar-refractivity contribution < 1.29 is 9.47 Å². The zero-order valence-electron chi connectivity index (χ0n) is 20.3. The molecule has 0 bridgehead atoms. The van der Waals surface area contributed by atoms with Crippen molar-refractivity contribution in [2.75, 3.05) is 28.4 Å². The van der Waals surface area contributed by atoms with Crippen LogP contribution >= 0.6 is 0 Å². The Hall–Kier alpha value is -4.97. The second kappa shape index (κ2) is 8.60. The molecule has 2 aliphatic heterocycles. The van der Waals surface area contributed by atoms with Gasteiger partial charge in [0.25, 0.3) is 0 Å². The minimum Gasteiger partial charge on any atom is -0.453 e. The van der Waals surface area contributed by atoms with E-state index < -0.39 is 0 Å². The molecule has 1 aromatic heterocycles. The smallest absolute Gasteiger partial charge is 0.219 e. The van der Waals surface area contributed by atoms with Crippen molar-refractivity contribution >= 4 is 34.1 Å². The van der Waals surface area contributed by atoms with Crippen LogP contribution < -0.4 is 24.2 Å². The van der Waals surface area contributed by atoms with Gasteiger partial charge in [-0.15, -0.1) is 0 Å². The van der Waals surface area contributed by atoms with Crippen LogP contribution in [0, 0.1) is 0 Å². The number of anilines is 6. The summed E-state index contributed by atoms with van der Waals surface area (Å²) in [5, 5.41) is 0. The molecule has 6 nitrogen and oxygen atoms in total. The average Bonchev–Trinajstić information content (AvgIpc) is 3.28. The van der Waals surface area contributed by atoms with Crippen molar-refractivity contribution in [1.82, 2.24) is 4.98 Å². The maximum absolute atomic E-state index is 6.35. The molecule has 0 unspecified atom stereocenters. The lowest BCUT2D eigenvalue weighted by Gasteiger charge is -2.34. The zero-order chi connectivity index (χ0) is 24.8. The normalized spacial score (nSPS) is 13.5. The number of nitrogens with zero attached hydrogens (tertiary/aromatic N) is 4. The van der Waals surface area contributed by atoms with Crippen LogP contribution in [0.25, 0.3) is 0 Å². The summed E-state index contributed by atoms with van der Waals surface area (Å²) in [6, 6.07) is 36.7. The first-order valence-corrected chi connectivity index (χ1v) is 12.2. The number of aromatic nitrogens is 1. The first kappa shape index (κ1) is 21.3. The molecule has 0 radical (unpaired) electrons. The van der Waals surface area contributed by atoms with Gasteiger partial charge >= 0.3 is 0 Å². The fraction of sp³-hybridized carbons (Fsp3) is 0.0645. The number of para-hydroxylation sites is 4. The Morgan fingerprint density at radius 1 is 0.676 bits per heavy atom. The maximum Gasteiger partial charge on any atom is 0.219 e. The molecular weight excluding hydrogens is 460 g/mol. The van der Waals surface area contributed by atoms with Gasteiger partial charge in [-0.05, 0) is 60.7 Å². The molecule has 2 aliphatic rings. The van der Waals surface area contributed by atoms with E-state index in [9.17, 15) is 0 Å². The number of rotatable bonds is 4. The number of hydrogen-bond acceptors (Lipinski definition) is 6. The molecule has 0 amide bonds. The molecule has 6 heteroatoms. The molecular formula is C31H24N4O2. The van der Waals surface area contributed by atoms with E-state index in [4.69, 9.17) is 9.47 Å². The summed E-state index contributed by atoms with van der Waals surface area (Å²) >= 11 is 0.